The van der Waals surface area contributed by atoms with Crippen LogP contribution in [0, 0.1) is 6.92 Å². The van der Waals surface area contributed by atoms with Crippen LogP contribution in [-0.4, -0.2) is 50.0 Å². The summed E-state index contributed by atoms with van der Waals surface area (Å²) in [5.41, 5.74) is 5.43. The van der Waals surface area contributed by atoms with Crippen LogP contribution in [0.3, 0.4) is 0 Å². The SMILES string of the molecule is COCCN1C/C(=N\C(=O)Nc2cccc3oc4ccc(C)cc4c23)[C@H](c2ccccc2)C1. The number of likely N-dealkylation sites (tertiary alicyclic amines) is 1. The molecule has 0 aliphatic carbocycles. The average Bonchev–Trinajstić information content (AvgIpc) is 3.39. The number of anilines is 1. The van der Waals surface area contributed by atoms with E-state index in [1.807, 2.05) is 55.5 Å². The van der Waals surface area contributed by atoms with Crippen LogP contribution < -0.4 is 5.32 Å². The number of benzene rings is 3. The summed E-state index contributed by atoms with van der Waals surface area (Å²) in [6.45, 7) is 4.97. The molecule has 1 saturated heterocycles. The molecule has 0 unspecified atom stereocenters. The van der Waals surface area contributed by atoms with Crippen LogP contribution in [0.4, 0.5) is 10.5 Å². The maximum absolute atomic E-state index is 13.1. The maximum atomic E-state index is 13.1. The van der Waals surface area contributed by atoms with Gasteiger partial charge >= 0.3 is 6.03 Å². The number of aliphatic imine (C=N–C) groups is 1. The molecule has 1 aromatic heterocycles. The summed E-state index contributed by atoms with van der Waals surface area (Å²) >= 11 is 0. The zero-order valence-corrected chi connectivity index (χ0v) is 18.9. The lowest BCUT2D eigenvalue weighted by Crippen LogP contribution is -2.25. The number of fused-ring (bicyclic) bond motifs is 3. The Balaban J connectivity index is 1.45. The zero-order valence-electron chi connectivity index (χ0n) is 18.9. The lowest BCUT2D eigenvalue weighted by atomic mass is 9.97. The van der Waals surface area contributed by atoms with E-state index >= 15 is 0 Å². The molecule has 6 heteroatoms. The number of carbonyl (C=O) groups is 1. The number of aryl methyl sites for hydroxylation is 1. The molecule has 4 aromatic rings. The van der Waals surface area contributed by atoms with Crippen molar-refractivity contribution in [2.24, 2.45) is 4.99 Å². The molecule has 6 nitrogen and oxygen atoms in total. The van der Waals surface area contributed by atoms with Gasteiger partial charge in [-0.3, -0.25) is 4.90 Å². The second-order valence-electron chi connectivity index (χ2n) is 8.50. The fourth-order valence-electron chi connectivity index (χ4n) is 4.57. The monoisotopic (exact) mass is 441 g/mol. The molecule has 1 aliphatic rings. The second kappa shape index (κ2) is 9.17. The van der Waals surface area contributed by atoms with Gasteiger partial charge in [0, 0.05) is 43.8 Å². The number of carbonyl (C=O) groups excluding carboxylic acids is 1. The first kappa shape index (κ1) is 21.4. The number of furan rings is 1. The van der Waals surface area contributed by atoms with Crippen molar-refractivity contribution in [3.63, 3.8) is 0 Å². The normalized spacial score (nSPS) is 17.9. The quantitative estimate of drug-likeness (QED) is 0.437. The molecule has 33 heavy (non-hydrogen) atoms. The zero-order chi connectivity index (χ0) is 22.8. The van der Waals surface area contributed by atoms with Crippen LogP contribution in [0.2, 0.25) is 0 Å². The van der Waals surface area contributed by atoms with E-state index in [2.05, 4.69) is 33.4 Å². The minimum absolute atomic E-state index is 0.0852. The Hall–Kier alpha value is -3.48. The largest absolute Gasteiger partial charge is 0.456 e. The Morgan fingerprint density at radius 2 is 1.97 bits per heavy atom. The van der Waals surface area contributed by atoms with Gasteiger partial charge in [0.1, 0.15) is 11.2 Å². The summed E-state index contributed by atoms with van der Waals surface area (Å²) in [6.07, 6.45) is 0. The number of urea groups is 1. The van der Waals surface area contributed by atoms with E-state index in [1.54, 1.807) is 7.11 Å². The second-order valence-corrected chi connectivity index (χ2v) is 8.50. The van der Waals surface area contributed by atoms with Gasteiger partial charge in [0.2, 0.25) is 0 Å². The van der Waals surface area contributed by atoms with E-state index in [-0.39, 0.29) is 11.9 Å². The topological polar surface area (TPSA) is 67.1 Å². The fraction of sp³-hybridized carbons (Fsp3) is 0.259. The Morgan fingerprint density at radius 1 is 1.12 bits per heavy atom. The van der Waals surface area contributed by atoms with Gasteiger partial charge in [-0.25, -0.2) is 9.79 Å². The standard InChI is InChI=1S/C27H27N3O3/c1-18-11-12-24-20(15-18)26-22(9-6-10-25(26)33-24)28-27(31)29-23-17-30(13-14-32-2)16-21(23)19-7-4-3-5-8-19/h3-12,15,21H,13-14,16-17H2,1-2H3,(H,28,31)/b29-23+/t21-/m0/s1. The third-order valence-corrected chi connectivity index (χ3v) is 6.18. The van der Waals surface area contributed by atoms with E-state index in [0.717, 1.165) is 46.3 Å². The minimum Gasteiger partial charge on any atom is -0.456 e. The molecule has 3 aromatic carbocycles. The first-order chi connectivity index (χ1) is 16.1. The van der Waals surface area contributed by atoms with Gasteiger partial charge in [0.05, 0.1) is 17.7 Å². The van der Waals surface area contributed by atoms with Crippen molar-refractivity contribution in [3.8, 4) is 0 Å². The Bertz CT molecular complexity index is 1330. The number of nitrogens with one attached hydrogen (secondary N) is 1. The number of hydrogen-bond acceptors (Lipinski definition) is 4. The summed E-state index contributed by atoms with van der Waals surface area (Å²) < 4.78 is 11.2. The highest BCUT2D eigenvalue weighted by molar-refractivity contribution is 6.15. The molecule has 0 bridgehead atoms. The smallest absolute Gasteiger partial charge is 0.345 e. The van der Waals surface area contributed by atoms with Gasteiger partial charge in [-0.1, -0.05) is 48.0 Å². The van der Waals surface area contributed by atoms with Gasteiger partial charge in [0.15, 0.2) is 0 Å². The maximum Gasteiger partial charge on any atom is 0.345 e. The van der Waals surface area contributed by atoms with Crippen molar-refractivity contribution >= 4 is 39.4 Å². The van der Waals surface area contributed by atoms with E-state index in [4.69, 9.17) is 9.15 Å². The predicted molar refractivity (Wildman–Crippen MR) is 132 cm³/mol. The summed E-state index contributed by atoms with van der Waals surface area (Å²) in [7, 11) is 1.70. The van der Waals surface area contributed by atoms with Gasteiger partial charge < -0.3 is 14.5 Å². The molecule has 0 spiro atoms. The van der Waals surface area contributed by atoms with Crippen LogP contribution >= 0.6 is 0 Å². The summed E-state index contributed by atoms with van der Waals surface area (Å²) in [6, 6.07) is 21.6. The molecule has 2 amide bonds. The Morgan fingerprint density at radius 3 is 2.79 bits per heavy atom. The number of ether oxygens (including phenoxy) is 1. The van der Waals surface area contributed by atoms with Gasteiger partial charge in [-0.15, -0.1) is 0 Å². The number of amides is 2. The van der Waals surface area contributed by atoms with Gasteiger partial charge in [0.25, 0.3) is 0 Å². The first-order valence-electron chi connectivity index (χ1n) is 11.2. The van der Waals surface area contributed by atoms with Crippen LogP contribution in [-0.2, 0) is 4.74 Å². The molecule has 1 N–H and O–H groups in total. The number of nitrogens with zero attached hydrogens (tertiary/aromatic N) is 2. The van der Waals surface area contributed by atoms with E-state index < -0.39 is 0 Å². The van der Waals surface area contributed by atoms with Crippen molar-refractivity contribution in [1.82, 2.24) is 4.90 Å². The molecule has 1 aliphatic heterocycles. The molecular formula is C27H27N3O3. The fourth-order valence-corrected chi connectivity index (χ4v) is 4.57. The molecular weight excluding hydrogens is 414 g/mol. The van der Waals surface area contributed by atoms with Crippen LogP contribution in [0.1, 0.15) is 17.0 Å². The van der Waals surface area contributed by atoms with Crippen LogP contribution in [0.5, 0.6) is 0 Å². The molecule has 0 saturated carbocycles. The van der Waals surface area contributed by atoms with Crippen LogP contribution in [0.25, 0.3) is 21.9 Å². The van der Waals surface area contributed by atoms with Crippen molar-refractivity contribution in [3.05, 3.63) is 77.9 Å². The Kier molecular flexibility index (Phi) is 5.94. The number of hydrogen-bond donors (Lipinski definition) is 1. The van der Waals surface area contributed by atoms with Crippen molar-refractivity contribution in [2.75, 3.05) is 38.7 Å². The van der Waals surface area contributed by atoms with Gasteiger partial charge in [-0.05, 0) is 36.8 Å². The third-order valence-electron chi connectivity index (χ3n) is 6.18. The number of rotatable bonds is 5. The predicted octanol–water partition coefficient (Wildman–Crippen LogP) is 5.61. The summed E-state index contributed by atoms with van der Waals surface area (Å²) in [5.74, 6) is 0.0852. The number of methoxy groups -OCH3 is 1. The van der Waals surface area contributed by atoms with E-state index in [1.165, 1.54) is 5.56 Å². The van der Waals surface area contributed by atoms with Crippen LogP contribution in [0.15, 0.2) is 76.1 Å². The third kappa shape index (κ3) is 4.40. The highest BCUT2D eigenvalue weighted by Gasteiger charge is 2.30. The first-order valence-corrected chi connectivity index (χ1v) is 11.2. The highest BCUT2D eigenvalue weighted by Crippen LogP contribution is 2.35. The lowest BCUT2D eigenvalue weighted by molar-refractivity contribution is 0.161. The average molecular weight is 442 g/mol. The Labute approximate surface area is 192 Å². The van der Waals surface area contributed by atoms with Crippen molar-refractivity contribution in [2.45, 2.75) is 12.8 Å². The van der Waals surface area contributed by atoms with Crippen molar-refractivity contribution in [1.29, 1.82) is 0 Å². The molecule has 0 radical (unpaired) electrons. The van der Waals surface area contributed by atoms with Crippen molar-refractivity contribution < 1.29 is 13.9 Å². The van der Waals surface area contributed by atoms with E-state index in [9.17, 15) is 4.79 Å². The molecule has 1 fully saturated rings. The molecule has 5 rings (SSSR count). The summed E-state index contributed by atoms with van der Waals surface area (Å²) in [5, 5.41) is 4.90. The molecule has 2 heterocycles. The molecule has 168 valence electrons. The highest BCUT2D eigenvalue weighted by atomic mass is 16.5. The lowest BCUT2D eigenvalue weighted by Gasteiger charge is -2.14. The summed E-state index contributed by atoms with van der Waals surface area (Å²) in [4.78, 5) is 19.9. The molecule has 1 atom stereocenters. The van der Waals surface area contributed by atoms with E-state index in [0.29, 0.717) is 18.8 Å². The minimum atomic E-state index is -0.367. The van der Waals surface area contributed by atoms with Gasteiger partial charge in [-0.2, -0.15) is 0 Å².